The monoisotopic (exact) mass is 448 g/mol. The minimum absolute atomic E-state index is 0.0323. The van der Waals surface area contributed by atoms with E-state index in [1.54, 1.807) is 29.8 Å². The van der Waals surface area contributed by atoms with Crippen LogP contribution in [0, 0.1) is 0 Å². The predicted molar refractivity (Wildman–Crippen MR) is 116 cm³/mol. The summed E-state index contributed by atoms with van der Waals surface area (Å²) in [6.45, 7) is 6.62. The second-order valence-corrected chi connectivity index (χ2v) is 7.32. The number of nitrogens with zero attached hydrogens (tertiary/aromatic N) is 4. The van der Waals surface area contributed by atoms with Gasteiger partial charge in [-0.3, -0.25) is 4.79 Å². The summed E-state index contributed by atoms with van der Waals surface area (Å²) in [6, 6.07) is 6.47. The summed E-state index contributed by atoms with van der Waals surface area (Å²) in [5.74, 6) is 0.128. The number of carbonyl (C=O) groups excluding carboxylic acids is 1. The van der Waals surface area contributed by atoms with Crippen molar-refractivity contribution in [3.63, 3.8) is 0 Å². The Morgan fingerprint density at radius 1 is 1.13 bits per heavy atom. The van der Waals surface area contributed by atoms with Gasteiger partial charge in [0, 0.05) is 30.3 Å². The third-order valence-electron chi connectivity index (χ3n) is 4.71. The number of hydrogen-bond donors (Lipinski definition) is 0. The molecule has 0 saturated carbocycles. The average Bonchev–Trinajstić information content (AvgIpc) is 3.17. The van der Waals surface area contributed by atoms with Gasteiger partial charge < -0.3 is 9.30 Å². The molecule has 0 aliphatic heterocycles. The van der Waals surface area contributed by atoms with Gasteiger partial charge in [-0.25, -0.2) is 14.5 Å². The summed E-state index contributed by atoms with van der Waals surface area (Å²) >= 11 is 12.3. The molecule has 0 unspecified atom stereocenters. The van der Waals surface area contributed by atoms with E-state index in [0.717, 1.165) is 5.82 Å². The predicted octanol–water partition coefficient (Wildman–Crippen LogP) is 4.22. The van der Waals surface area contributed by atoms with Crippen LogP contribution in [0.2, 0.25) is 10.0 Å². The molecular formula is C21H22Cl2N4O3. The van der Waals surface area contributed by atoms with Crippen molar-refractivity contribution in [3.05, 3.63) is 67.9 Å². The molecule has 0 spiro atoms. The van der Waals surface area contributed by atoms with Crippen molar-refractivity contribution in [1.29, 1.82) is 0 Å². The Labute approximate surface area is 184 Å². The molecule has 0 radical (unpaired) electrons. The number of hydrogen-bond acceptors (Lipinski definition) is 5. The molecule has 0 amide bonds. The number of ether oxygens (including phenoxy) is 1. The molecule has 2 aromatic heterocycles. The highest BCUT2D eigenvalue weighted by atomic mass is 35.5. The van der Waals surface area contributed by atoms with E-state index in [-0.39, 0.29) is 12.2 Å². The second kappa shape index (κ2) is 9.45. The van der Waals surface area contributed by atoms with Gasteiger partial charge in [-0.05, 0) is 26.0 Å². The first kappa shape index (κ1) is 22.1. The van der Waals surface area contributed by atoms with Gasteiger partial charge in [0.15, 0.2) is 5.43 Å². The van der Waals surface area contributed by atoms with Crippen molar-refractivity contribution in [2.24, 2.45) is 0 Å². The Morgan fingerprint density at radius 2 is 1.90 bits per heavy atom. The molecule has 0 N–H and O–H groups in total. The molecule has 0 bridgehead atoms. The summed E-state index contributed by atoms with van der Waals surface area (Å²) in [7, 11) is 0. The van der Waals surface area contributed by atoms with E-state index in [2.05, 4.69) is 10.1 Å². The van der Waals surface area contributed by atoms with Gasteiger partial charge in [0.05, 0.1) is 28.9 Å². The molecule has 30 heavy (non-hydrogen) atoms. The van der Waals surface area contributed by atoms with Crippen LogP contribution in [0.5, 0.6) is 0 Å². The summed E-state index contributed by atoms with van der Waals surface area (Å²) in [4.78, 5) is 30.0. The maximum Gasteiger partial charge on any atom is 0.344 e. The molecule has 158 valence electrons. The van der Waals surface area contributed by atoms with Gasteiger partial charge in [0.1, 0.15) is 17.7 Å². The van der Waals surface area contributed by atoms with E-state index in [4.69, 9.17) is 27.9 Å². The van der Waals surface area contributed by atoms with E-state index in [1.165, 1.54) is 12.4 Å². The van der Waals surface area contributed by atoms with Crippen molar-refractivity contribution in [2.75, 3.05) is 6.61 Å². The Balaban J connectivity index is 2.29. The number of aromatic nitrogens is 4. The average molecular weight is 449 g/mol. The Morgan fingerprint density at radius 3 is 2.53 bits per heavy atom. The van der Waals surface area contributed by atoms with Crippen LogP contribution >= 0.6 is 23.2 Å². The fraction of sp³-hybridized carbons (Fsp3) is 0.333. The van der Waals surface area contributed by atoms with Crippen molar-refractivity contribution < 1.29 is 9.53 Å². The molecule has 3 aromatic rings. The lowest BCUT2D eigenvalue weighted by Gasteiger charge is -2.21. The lowest BCUT2D eigenvalue weighted by molar-refractivity contribution is 0.0525. The van der Waals surface area contributed by atoms with Gasteiger partial charge in [0.2, 0.25) is 0 Å². The first-order valence-electron chi connectivity index (χ1n) is 9.67. The van der Waals surface area contributed by atoms with Crippen molar-refractivity contribution in [2.45, 2.75) is 40.3 Å². The molecule has 0 aliphatic carbocycles. The fourth-order valence-corrected chi connectivity index (χ4v) is 3.68. The van der Waals surface area contributed by atoms with Crippen LogP contribution in [-0.4, -0.2) is 31.9 Å². The quantitative estimate of drug-likeness (QED) is 0.505. The lowest BCUT2D eigenvalue weighted by atomic mass is 10.0. The Bertz CT molecular complexity index is 1140. The highest BCUT2D eigenvalue weighted by molar-refractivity contribution is 6.42. The van der Waals surface area contributed by atoms with E-state index >= 15 is 0 Å². The van der Waals surface area contributed by atoms with E-state index in [1.807, 2.05) is 18.4 Å². The van der Waals surface area contributed by atoms with Crippen LogP contribution in [0.15, 0.2) is 35.4 Å². The first-order valence-corrected chi connectivity index (χ1v) is 10.4. The zero-order chi connectivity index (χ0) is 21.8. The smallest absolute Gasteiger partial charge is 0.344 e. The number of carbonyl (C=O) groups is 1. The standard InChI is InChI=1S/C21H22Cl2N4O3/c1-4-18-24-12-25-27(18)11-14-10-17(28)19(21(29)30-6-3)20(26(14)5-2)13-7-8-15(22)16(23)9-13/h7-10,12H,4-6,11H2,1-3H3. The third kappa shape index (κ3) is 4.27. The minimum atomic E-state index is -0.674. The first-order chi connectivity index (χ1) is 14.4. The van der Waals surface area contributed by atoms with Crippen LogP contribution in [0.1, 0.15) is 42.6 Å². The number of rotatable bonds is 7. The molecule has 1 aromatic carbocycles. The molecule has 0 saturated heterocycles. The highest BCUT2D eigenvalue weighted by Crippen LogP contribution is 2.31. The van der Waals surface area contributed by atoms with E-state index < -0.39 is 11.4 Å². The second-order valence-electron chi connectivity index (χ2n) is 6.50. The third-order valence-corrected chi connectivity index (χ3v) is 5.45. The van der Waals surface area contributed by atoms with Crippen LogP contribution < -0.4 is 5.43 Å². The Kier molecular flexibility index (Phi) is 6.95. The van der Waals surface area contributed by atoms with Crippen molar-refractivity contribution >= 4 is 29.2 Å². The number of aryl methyl sites for hydroxylation is 1. The summed E-state index contributed by atoms with van der Waals surface area (Å²) in [5.41, 5.74) is 1.28. The number of benzene rings is 1. The van der Waals surface area contributed by atoms with Gasteiger partial charge in [-0.2, -0.15) is 5.10 Å². The van der Waals surface area contributed by atoms with Crippen LogP contribution in [-0.2, 0) is 24.2 Å². The summed E-state index contributed by atoms with van der Waals surface area (Å²) < 4.78 is 8.80. The van der Waals surface area contributed by atoms with Gasteiger partial charge in [-0.15, -0.1) is 0 Å². The molecule has 0 fully saturated rings. The topological polar surface area (TPSA) is 79.0 Å². The van der Waals surface area contributed by atoms with Gasteiger partial charge >= 0.3 is 5.97 Å². The molecule has 9 heteroatoms. The van der Waals surface area contributed by atoms with Crippen LogP contribution in [0.4, 0.5) is 0 Å². The molecule has 3 rings (SSSR count). The molecule has 2 heterocycles. The number of halogens is 2. The minimum Gasteiger partial charge on any atom is -0.462 e. The van der Waals surface area contributed by atoms with E-state index in [9.17, 15) is 9.59 Å². The molecular weight excluding hydrogens is 427 g/mol. The van der Waals surface area contributed by atoms with Gasteiger partial charge in [-0.1, -0.05) is 36.2 Å². The largest absolute Gasteiger partial charge is 0.462 e. The summed E-state index contributed by atoms with van der Waals surface area (Å²) in [6.07, 6.45) is 2.19. The highest BCUT2D eigenvalue weighted by Gasteiger charge is 2.24. The molecule has 0 aliphatic rings. The van der Waals surface area contributed by atoms with Crippen LogP contribution in [0.3, 0.4) is 0 Å². The maximum absolute atomic E-state index is 13.0. The van der Waals surface area contributed by atoms with Gasteiger partial charge in [0.25, 0.3) is 0 Å². The van der Waals surface area contributed by atoms with Crippen molar-refractivity contribution in [3.8, 4) is 11.3 Å². The van der Waals surface area contributed by atoms with Crippen LogP contribution in [0.25, 0.3) is 11.3 Å². The zero-order valence-corrected chi connectivity index (χ0v) is 18.5. The van der Waals surface area contributed by atoms with E-state index in [0.29, 0.717) is 46.5 Å². The molecule has 0 atom stereocenters. The number of esters is 1. The maximum atomic E-state index is 13.0. The fourth-order valence-electron chi connectivity index (χ4n) is 3.38. The Hall–Kier alpha value is -2.64. The number of pyridine rings is 1. The normalized spacial score (nSPS) is 11.0. The SMILES string of the molecule is CCOC(=O)c1c(-c2ccc(Cl)c(Cl)c2)n(CC)c(Cn2ncnc2CC)cc1=O. The molecule has 7 nitrogen and oxygen atoms in total. The lowest BCUT2D eigenvalue weighted by Crippen LogP contribution is -2.26. The zero-order valence-electron chi connectivity index (χ0n) is 17.0. The summed E-state index contributed by atoms with van der Waals surface area (Å²) in [5, 5.41) is 4.97. The van der Waals surface area contributed by atoms with Crippen molar-refractivity contribution in [1.82, 2.24) is 19.3 Å².